The van der Waals surface area contributed by atoms with Crippen LogP contribution in [0.4, 0.5) is 0 Å². The number of hydrogen-bond acceptors (Lipinski definition) is 5. The predicted octanol–water partition coefficient (Wildman–Crippen LogP) is 1.40. The molecule has 2 rings (SSSR count). The zero-order valence-electron chi connectivity index (χ0n) is 14.5. The molecule has 2 N–H and O–H groups in total. The lowest BCUT2D eigenvalue weighted by atomic mass is 9.89. The lowest BCUT2D eigenvalue weighted by Gasteiger charge is -2.38. The molecule has 0 bridgehead atoms. The highest BCUT2D eigenvalue weighted by Gasteiger charge is 2.30. The van der Waals surface area contributed by atoms with Crippen LogP contribution in [0.25, 0.3) is 0 Å². The Bertz CT molecular complexity index is 522. The number of thioether (sulfide) groups is 1. The monoisotopic (exact) mass is 352 g/mol. The van der Waals surface area contributed by atoms with Crippen molar-refractivity contribution >= 4 is 17.7 Å². The van der Waals surface area contributed by atoms with Crippen molar-refractivity contribution in [1.82, 2.24) is 9.80 Å². The van der Waals surface area contributed by atoms with Crippen LogP contribution < -0.4 is 0 Å². The molecule has 0 aromatic heterocycles. The highest BCUT2D eigenvalue weighted by Crippen LogP contribution is 2.24. The summed E-state index contributed by atoms with van der Waals surface area (Å²) in [6.45, 7) is 2.57. The first kappa shape index (κ1) is 19.2. The van der Waals surface area contributed by atoms with Gasteiger partial charge in [0.05, 0.1) is 6.61 Å². The molecule has 1 aliphatic rings. The normalized spacial score (nSPS) is 21.3. The fourth-order valence-electron chi connectivity index (χ4n) is 3.30. The quantitative estimate of drug-likeness (QED) is 0.727. The molecular formula is C18H28N2O3S. The maximum absolute atomic E-state index is 12.8. The highest BCUT2D eigenvalue weighted by molar-refractivity contribution is 7.99. The van der Waals surface area contributed by atoms with Crippen LogP contribution in [0.3, 0.4) is 0 Å². The Morgan fingerprint density at radius 1 is 1.21 bits per heavy atom. The van der Waals surface area contributed by atoms with Gasteiger partial charge in [-0.25, -0.2) is 0 Å². The molecular weight excluding hydrogens is 324 g/mol. The van der Waals surface area contributed by atoms with Gasteiger partial charge in [0.2, 0.25) is 0 Å². The Balaban J connectivity index is 2.03. The minimum atomic E-state index is 0.0376. The third-order valence-corrected chi connectivity index (χ3v) is 5.25. The van der Waals surface area contributed by atoms with E-state index in [0.717, 1.165) is 24.4 Å². The Kier molecular flexibility index (Phi) is 7.55. The van der Waals surface area contributed by atoms with E-state index in [1.54, 1.807) is 11.8 Å². The number of hydrogen-bond donors (Lipinski definition) is 2. The van der Waals surface area contributed by atoms with Crippen molar-refractivity contribution in [2.75, 3.05) is 52.7 Å². The number of carbonyl (C=O) groups excluding carboxylic acids is 1. The van der Waals surface area contributed by atoms with E-state index in [1.165, 1.54) is 0 Å². The van der Waals surface area contributed by atoms with Gasteiger partial charge in [0.15, 0.2) is 0 Å². The number of likely N-dealkylation sites (tertiary alicyclic amines) is 1. The molecule has 1 heterocycles. The fourth-order valence-corrected chi connectivity index (χ4v) is 3.96. The molecule has 0 radical (unpaired) electrons. The summed E-state index contributed by atoms with van der Waals surface area (Å²) in [5.74, 6) is 1.25. The van der Waals surface area contributed by atoms with Crippen LogP contribution in [0.1, 0.15) is 16.8 Å². The van der Waals surface area contributed by atoms with Crippen LogP contribution in [0.15, 0.2) is 29.2 Å². The summed E-state index contributed by atoms with van der Waals surface area (Å²) in [6.07, 6.45) is 0.967. The second kappa shape index (κ2) is 9.42. The number of aliphatic hydroxyl groups is 2. The molecule has 1 amide bonds. The van der Waals surface area contributed by atoms with Gasteiger partial charge in [-0.3, -0.25) is 4.79 Å². The van der Waals surface area contributed by atoms with Crippen LogP contribution in [-0.4, -0.2) is 78.6 Å². The van der Waals surface area contributed by atoms with E-state index in [2.05, 4.69) is 4.90 Å². The van der Waals surface area contributed by atoms with Crippen LogP contribution in [0, 0.1) is 11.8 Å². The van der Waals surface area contributed by atoms with Gasteiger partial charge in [-0.2, -0.15) is 0 Å². The van der Waals surface area contributed by atoms with Gasteiger partial charge in [0.1, 0.15) is 0 Å². The summed E-state index contributed by atoms with van der Waals surface area (Å²) >= 11 is 1.57. The first-order valence-electron chi connectivity index (χ1n) is 8.42. The lowest BCUT2D eigenvalue weighted by Crippen LogP contribution is -2.47. The van der Waals surface area contributed by atoms with Crippen molar-refractivity contribution in [2.45, 2.75) is 11.3 Å². The number of piperidine rings is 1. The zero-order chi connectivity index (χ0) is 17.5. The molecule has 1 fully saturated rings. The van der Waals surface area contributed by atoms with Crippen molar-refractivity contribution in [3.8, 4) is 0 Å². The van der Waals surface area contributed by atoms with Gasteiger partial charge in [-0.05, 0) is 56.6 Å². The Hall–Kier alpha value is -1.08. The third kappa shape index (κ3) is 5.48. The van der Waals surface area contributed by atoms with Crippen molar-refractivity contribution in [2.24, 2.45) is 11.8 Å². The molecule has 0 aliphatic carbocycles. The molecule has 2 atom stereocenters. The van der Waals surface area contributed by atoms with Crippen LogP contribution in [0.5, 0.6) is 0 Å². The van der Waals surface area contributed by atoms with E-state index in [-0.39, 0.29) is 25.0 Å². The number of rotatable bonds is 7. The van der Waals surface area contributed by atoms with Gasteiger partial charge < -0.3 is 20.0 Å². The molecule has 24 heavy (non-hydrogen) atoms. The summed E-state index contributed by atoms with van der Waals surface area (Å²) in [4.78, 5) is 17.9. The maximum Gasteiger partial charge on any atom is 0.253 e. The second-order valence-corrected chi connectivity index (χ2v) is 7.89. The number of nitrogens with zero attached hydrogens (tertiary/aromatic N) is 2. The van der Waals surface area contributed by atoms with Crippen LogP contribution >= 0.6 is 11.8 Å². The van der Waals surface area contributed by atoms with Crippen molar-refractivity contribution in [3.63, 3.8) is 0 Å². The summed E-state index contributed by atoms with van der Waals surface area (Å²) in [7, 11) is 4.08. The van der Waals surface area contributed by atoms with Crippen LogP contribution in [0.2, 0.25) is 0 Å². The SMILES string of the molecule is CN(C)C[C@@H]1C[C@H](CO)CN(C(=O)c2ccc(SCCO)cc2)C1. The van der Waals surface area contributed by atoms with Crippen molar-refractivity contribution in [1.29, 1.82) is 0 Å². The standard InChI is InChI=1S/C18H28N2O3S/c1-19(2)10-14-9-15(13-22)12-20(11-14)18(23)16-3-5-17(6-4-16)24-8-7-21/h3-6,14-15,21-22H,7-13H2,1-2H3/t14-,15-/m0/s1. The summed E-state index contributed by atoms with van der Waals surface area (Å²) in [6, 6.07) is 7.56. The number of amides is 1. The van der Waals surface area contributed by atoms with Crippen molar-refractivity contribution < 1.29 is 15.0 Å². The van der Waals surface area contributed by atoms with Gasteiger partial charge in [-0.1, -0.05) is 0 Å². The molecule has 1 aliphatic heterocycles. The lowest BCUT2D eigenvalue weighted by molar-refractivity contribution is 0.0477. The van der Waals surface area contributed by atoms with E-state index < -0.39 is 0 Å². The van der Waals surface area contributed by atoms with E-state index in [4.69, 9.17) is 5.11 Å². The first-order chi connectivity index (χ1) is 11.5. The second-order valence-electron chi connectivity index (χ2n) is 6.72. The topological polar surface area (TPSA) is 64.0 Å². The van der Waals surface area contributed by atoms with Gasteiger partial charge in [-0.15, -0.1) is 11.8 Å². The number of aliphatic hydroxyl groups excluding tert-OH is 2. The predicted molar refractivity (Wildman–Crippen MR) is 97.4 cm³/mol. The van der Waals surface area contributed by atoms with E-state index in [0.29, 0.717) is 23.8 Å². The molecule has 134 valence electrons. The summed E-state index contributed by atoms with van der Waals surface area (Å²) in [5.41, 5.74) is 0.686. The molecule has 0 unspecified atom stereocenters. The average Bonchev–Trinajstić information content (AvgIpc) is 2.58. The number of carbonyl (C=O) groups is 1. The minimum absolute atomic E-state index is 0.0376. The smallest absolute Gasteiger partial charge is 0.253 e. The molecule has 5 nitrogen and oxygen atoms in total. The first-order valence-corrected chi connectivity index (χ1v) is 9.40. The Morgan fingerprint density at radius 2 is 1.88 bits per heavy atom. The average molecular weight is 353 g/mol. The van der Waals surface area contributed by atoms with Gasteiger partial charge >= 0.3 is 0 Å². The zero-order valence-corrected chi connectivity index (χ0v) is 15.3. The third-order valence-electron chi connectivity index (χ3n) is 4.25. The molecule has 1 aromatic rings. The number of benzene rings is 1. The highest BCUT2D eigenvalue weighted by atomic mass is 32.2. The van der Waals surface area contributed by atoms with Crippen LogP contribution in [-0.2, 0) is 0 Å². The largest absolute Gasteiger partial charge is 0.396 e. The maximum atomic E-state index is 12.8. The fraction of sp³-hybridized carbons (Fsp3) is 0.611. The van der Waals surface area contributed by atoms with Gasteiger partial charge in [0, 0.05) is 42.5 Å². The minimum Gasteiger partial charge on any atom is -0.396 e. The summed E-state index contributed by atoms with van der Waals surface area (Å²) in [5, 5.41) is 18.4. The molecule has 0 saturated carbocycles. The Morgan fingerprint density at radius 3 is 2.46 bits per heavy atom. The Labute approximate surface area is 148 Å². The van der Waals surface area contributed by atoms with E-state index in [1.807, 2.05) is 43.3 Å². The molecule has 1 saturated heterocycles. The summed E-state index contributed by atoms with van der Waals surface area (Å²) < 4.78 is 0. The van der Waals surface area contributed by atoms with E-state index in [9.17, 15) is 9.90 Å². The van der Waals surface area contributed by atoms with Gasteiger partial charge in [0.25, 0.3) is 5.91 Å². The van der Waals surface area contributed by atoms with Crippen molar-refractivity contribution in [3.05, 3.63) is 29.8 Å². The molecule has 6 heteroatoms. The molecule has 1 aromatic carbocycles. The van der Waals surface area contributed by atoms with E-state index >= 15 is 0 Å². The molecule has 0 spiro atoms.